The molecule has 0 bridgehead atoms. The Morgan fingerprint density at radius 3 is 1.74 bits per heavy atom. The highest BCUT2D eigenvalue weighted by Gasteiger charge is 2.27. The van der Waals surface area contributed by atoms with Crippen molar-refractivity contribution in [1.29, 1.82) is 0 Å². The Kier molecular flexibility index (Phi) is 13.3. The molecular formula is C25H36N3O6P. The van der Waals surface area contributed by atoms with E-state index in [1.165, 1.54) is 0 Å². The van der Waals surface area contributed by atoms with Gasteiger partial charge in [0.1, 0.15) is 6.10 Å². The highest BCUT2D eigenvalue weighted by atomic mass is 31.2. The van der Waals surface area contributed by atoms with Crippen molar-refractivity contribution in [3.05, 3.63) is 71.8 Å². The zero-order valence-corrected chi connectivity index (χ0v) is 20.8. The number of carbonyl (C=O) groups excluding carboxylic acids is 2. The average Bonchev–Trinajstić information content (AvgIpc) is 2.85. The van der Waals surface area contributed by atoms with Gasteiger partial charge in [-0.25, -0.2) is 4.57 Å². The van der Waals surface area contributed by atoms with E-state index in [1.807, 2.05) is 60.7 Å². The molecule has 10 heteroatoms. The van der Waals surface area contributed by atoms with Crippen LogP contribution in [0, 0.1) is 0 Å². The van der Waals surface area contributed by atoms with Crippen LogP contribution < -0.4 is 16.4 Å². The topological polar surface area (TPSA) is 140 Å². The third-order valence-corrected chi connectivity index (χ3v) is 6.21. The van der Waals surface area contributed by atoms with E-state index >= 15 is 0 Å². The SMILES string of the molecule is NCCOP(=O)(O)OC(CNC(=O)CCCc1ccccc1)CNC(=O)CCCc1ccccc1. The minimum atomic E-state index is -4.39. The molecule has 192 valence electrons. The molecule has 35 heavy (non-hydrogen) atoms. The molecule has 0 radical (unpaired) electrons. The number of rotatable bonds is 17. The standard InChI is InChI=1S/C25H36N3O6P/c26-17-18-33-35(31,32)34-23(19-27-24(29)15-7-13-21-9-3-1-4-10-21)20-28-25(30)16-8-14-22-11-5-2-6-12-22/h1-6,9-12,23H,7-8,13-20,26H2,(H,27,29)(H,28,30)(H,31,32). The lowest BCUT2D eigenvalue weighted by Gasteiger charge is -2.21. The number of nitrogens with one attached hydrogen (secondary N) is 2. The Bertz CT molecular complexity index is 868. The Morgan fingerprint density at radius 2 is 1.31 bits per heavy atom. The van der Waals surface area contributed by atoms with Crippen LogP contribution in [0.15, 0.2) is 60.7 Å². The Labute approximate surface area is 207 Å². The lowest BCUT2D eigenvalue weighted by molar-refractivity contribution is -0.121. The zero-order chi connectivity index (χ0) is 25.4. The van der Waals surface area contributed by atoms with Crippen molar-refractivity contribution in [3.63, 3.8) is 0 Å². The molecule has 0 spiro atoms. The Balaban J connectivity index is 1.78. The predicted molar refractivity (Wildman–Crippen MR) is 134 cm³/mol. The van der Waals surface area contributed by atoms with Gasteiger partial charge in [-0.3, -0.25) is 18.6 Å². The van der Waals surface area contributed by atoms with E-state index in [1.54, 1.807) is 0 Å². The fourth-order valence-electron chi connectivity index (χ4n) is 3.36. The summed E-state index contributed by atoms with van der Waals surface area (Å²) in [5, 5.41) is 5.42. The summed E-state index contributed by atoms with van der Waals surface area (Å²) in [7, 11) is -4.39. The van der Waals surface area contributed by atoms with E-state index in [2.05, 4.69) is 10.6 Å². The van der Waals surface area contributed by atoms with Gasteiger partial charge in [0, 0.05) is 32.5 Å². The second kappa shape index (κ2) is 16.2. The van der Waals surface area contributed by atoms with Crippen molar-refractivity contribution >= 4 is 19.6 Å². The van der Waals surface area contributed by atoms with Gasteiger partial charge in [0.05, 0.1) is 6.61 Å². The molecule has 0 saturated heterocycles. The van der Waals surface area contributed by atoms with Gasteiger partial charge >= 0.3 is 7.82 Å². The molecule has 9 nitrogen and oxygen atoms in total. The highest BCUT2D eigenvalue weighted by Crippen LogP contribution is 2.44. The lowest BCUT2D eigenvalue weighted by Crippen LogP contribution is -2.41. The quantitative estimate of drug-likeness (QED) is 0.242. The van der Waals surface area contributed by atoms with Crippen molar-refractivity contribution < 1.29 is 28.1 Å². The molecule has 0 fully saturated rings. The first-order valence-corrected chi connectivity index (χ1v) is 13.3. The summed E-state index contributed by atoms with van der Waals surface area (Å²) in [5.41, 5.74) is 7.61. The second-order valence-electron chi connectivity index (χ2n) is 8.10. The van der Waals surface area contributed by atoms with Crippen LogP contribution in [0.5, 0.6) is 0 Å². The Morgan fingerprint density at radius 1 is 0.857 bits per heavy atom. The van der Waals surface area contributed by atoms with Crippen molar-refractivity contribution in [2.75, 3.05) is 26.2 Å². The third kappa shape index (κ3) is 13.2. The molecular weight excluding hydrogens is 469 g/mol. The number of carbonyl (C=O) groups is 2. The van der Waals surface area contributed by atoms with E-state index in [0.29, 0.717) is 25.7 Å². The van der Waals surface area contributed by atoms with Gasteiger partial charge in [-0.15, -0.1) is 0 Å². The normalized spacial score (nSPS) is 12.8. The maximum atomic E-state index is 12.3. The molecule has 0 heterocycles. The summed E-state index contributed by atoms with van der Waals surface area (Å²) in [6.07, 6.45) is 2.52. The van der Waals surface area contributed by atoms with Gasteiger partial charge < -0.3 is 21.3 Å². The molecule has 2 aromatic carbocycles. The van der Waals surface area contributed by atoms with Crippen molar-refractivity contribution in [2.24, 2.45) is 5.73 Å². The number of benzene rings is 2. The van der Waals surface area contributed by atoms with E-state index in [-0.39, 0.29) is 38.1 Å². The van der Waals surface area contributed by atoms with Crippen LogP contribution >= 0.6 is 7.82 Å². The van der Waals surface area contributed by atoms with E-state index in [4.69, 9.17) is 14.8 Å². The number of hydrogen-bond donors (Lipinski definition) is 4. The first-order valence-electron chi connectivity index (χ1n) is 11.8. The maximum Gasteiger partial charge on any atom is 0.472 e. The molecule has 0 aliphatic rings. The summed E-state index contributed by atoms with van der Waals surface area (Å²) in [6.45, 7) is -0.205. The molecule has 0 aliphatic carbocycles. The first kappa shape index (κ1) is 28.7. The largest absolute Gasteiger partial charge is 0.472 e. The number of nitrogens with two attached hydrogens (primary N) is 1. The fraction of sp³-hybridized carbons (Fsp3) is 0.440. The smallest absolute Gasteiger partial charge is 0.353 e. The van der Waals surface area contributed by atoms with Gasteiger partial charge in [-0.05, 0) is 36.8 Å². The van der Waals surface area contributed by atoms with Gasteiger partial charge in [-0.1, -0.05) is 60.7 Å². The molecule has 0 aliphatic heterocycles. The summed E-state index contributed by atoms with van der Waals surface area (Å²) in [5.74, 6) is -0.418. The van der Waals surface area contributed by atoms with Crippen LogP contribution in [-0.2, 0) is 36.0 Å². The van der Waals surface area contributed by atoms with Crippen LogP contribution in [0.3, 0.4) is 0 Å². The molecule has 1 atom stereocenters. The summed E-state index contributed by atoms with van der Waals surface area (Å²) < 4.78 is 22.1. The summed E-state index contributed by atoms with van der Waals surface area (Å²) in [4.78, 5) is 34.4. The van der Waals surface area contributed by atoms with E-state index in [9.17, 15) is 19.0 Å². The predicted octanol–water partition coefficient (Wildman–Crippen LogP) is 2.73. The van der Waals surface area contributed by atoms with Gasteiger partial charge in [0.2, 0.25) is 11.8 Å². The van der Waals surface area contributed by atoms with Crippen LogP contribution in [0.4, 0.5) is 0 Å². The average molecular weight is 506 g/mol. The number of amides is 2. The van der Waals surface area contributed by atoms with E-state index in [0.717, 1.165) is 24.0 Å². The van der Waals surface area contributed by atoms with Gasteiger partial charge in [0.15, 0.2) is 0 Å². The zero-order valence-electron chi connectivity index (χ0n) is 19.9. The van der Waals surface area contributed by atoms with Gasteiger partial charge in [0.25, 0.3) is 0 Å². The molecule has 5 N–H and O–H groups in total. The number of phosphoric ester groups is 1. The fourth-order valence-corrected chi connectivity index (χ4v) is 4.28. The van der Waals surface area contributed by atoms with Crippen molar-refractivity contribution in [2.45, 2.75) is 44.6 Å². The number of phosphoric acid groups is 1. The monoisotopic (exact) mass is 505 g/mol. The minimum Gasteiger partial charge on any atom is -0.353 e. The number of aryl methyl sites for hydroxylation is 2. The molecule has 0 aromatic heterocycles. The first-order chi connectivity index (χ1) is 16.9. The van der Waals surface area contributed by atoms with Crippen LogP contribution in [0.2, 0.25) is 0 Å². The third-order valence-electron chi connectivity index (χ3n) is 5.13. The Hall–Kier alpha value is -2.55. The minimum absolute atomic E-state index is 0.0505. The van der Waals surface area contributed by atoms with Gasteiger partial charge in [-0.2, -0.15) is 0 Å². The highest BCUT2D eigenvalue weighted by molar-refractivity contribution is 7.47. The molecule has 1 unspecified atom stereocenters. The molecule has 2 aromatic rings. The molecule has 2 amide bonds. The summed E-state index contributed by atoms with van der Waals surface area (Å²) in [6, 6.07) is 19.7. The van der Waals surface area contributed by atoms with Crippen LogP contribution in [-0.4, -0.2) is 49.1 Å². The van der Waals surface area contributed by atoms with Crippen LogP contribution in [0.1, 0.15) is 36.8 Å². The second-order valence-corrected chi connectivity index (χ2v) is 9.51. The lowest BCUT2D eigenvalue weighted by atomic mass is 10.1. The van der Waals surface area contributed by atoms with E-state index < -0.39 is 13.9 Å². The molecule has 0 saturated carbocycles. The number of hydrogen-bond acceptors (Lipinski definition) is 6. The van der Waals surface area contributed by atoms with Crippen LogP contribution in [0.25, 0.3) is 0 Å². The maximum absolute atomic E-state index is 12.3. The molecule has 2 rings (SSSR count). The van der Waals surface area contributed by atoms with Crippen molar-refractivity contribution in [3.8, 4) is 0 Å². The van der Waals surface area contributed by atoms with Crippen molar-refractivity contribution in [1.82, 2.24) is 10.6 Å². The summed E-state index contributed by atoms with van der Waals surface area (Å²) >= 11 is 0.